The Labute approximate surface area is 164 Å². The van der Waals surface area contributed by atoms with Crippen LogP contribution in [0.1, 0.15) is 91.9 Å². The van der Waals surface area contributed by atoms with Crippen LogP contribution < -0.4 is 0 Å². The molecule has 2 rings (SSSR count). The van der Waals surface area contributed by atoms with E-state index in [9.17, 15) is 9.90 Å². The molecule has 0 spiro atoms. The van der Waals surface area contributed by atoms with E-state index in [1.807, 2.05) is 36.4 Å². The molecule has 2 aromatic carbocycles. The van der Waals surface area contributed by atoms with Crippen molar-refractivity contribution < 1.29 is 9.90 Å². The van der Waals surface area contributed by atoms with E-state index in [0.29, 0.717) is 11.1 Å². The van der Waals surface area contributed by atoms with Crippen molar-refractivity contribution in [3.8, 4) is 5.75 Å². The number of aryl methyl sites for hydroxylation is 1. The van der Waals surface area contributed by atoms with Crippen LogP contribution in [0.2, 0.25) is 0 Å². The lowest BCUT2D eigenvalue weighted by Gasteiger charge is -2.19. The summed E-state index contributed by atoms with van der Waals surface area (Å²) in [5, 5.41) is 11.1. The summed E-state index contributed by atoms with van der Waals surface area (Å²) in [6.45, 7) is 6.56. The summed E-state index contributed by atoms with van der Waals surface area (Å²) in [4.78, 5) is 13.1. The van der Waals surface area contributed by atoms with Gasteiger partial charge >= 0.3 is 0 Å². The predicted octanol–water partition coefficient (Wildman–Crippen LogP) is 6.65. The highest BCUT2D eigenvalue weighted by molar-refractivity contribution is 6.11. The molecule has 0 saturated carbocycles. The number of carbonyl (C=O) groups excluding carboxylic acids is 1. The minimum absolute atomic E-state index is 0.0781. The van der Waals surface area contributed by atoms with E-state index in [4.69, 9.17) is 0 Å². The van der Waals surface area contributed by atoms with Gasteiger partial charge in [0.2, 0.25) is 0 Å². The van der Waals surface area contributed by atoms with Gasteiger partial charge < -0.3 is 5.11 Å². The molecule has 146 valence electrons. The Morgan fingerprint density at radius 1 is 0.815 bits per heavy atom. The average molecular weight is 367 g/mol. The number of rotatable bonds is 11. The second-order valence-corrected chi connectivity index (χ2v) is 7.39. The molecule has 2 nitrogen and oxygen atoms in total. The molecular formula is C25H34O2. The number of carbonyl (C=O) groups is 1. The highest BCUT2D eigenvalue weighted by Gasteiger charge is 2.21. The van der Waals surface area contributed by atoms with Crippen LogP contribution in [0.3, 0.4) is 0 Å². The zero-order valence-electron chi connectivity index (χ0n) is 17.2. The quantitative estimate of drug-likeness (QED) is 0.452. The molecule has 0 bridgehead atoms. The van der Waals surface area contributed by atoms with E-state index in [0.717, 1.165) is 63.4 Å². The van der Waals surface area contributed by atoms with Gasteiger partial charge in [-0.2, -0.15) is 0 Å². The van der Waals surface area contributed by atoms with Crippen LogP contribution in [0.25, 0.3) is 0 Å². The first kappa shape index (κ1) is 21.2. The van der Waals surface area contributed by atoms with Crippen LogP contribution in [0.5, 0.6) is 5.75 Å². The summed E-state index contributed by atoms with van der Waals surface area (Å²) in [5.74, 6) is 0.134. The fraction of sp³-hybridized carbons (Fsp3) is 0.480. The summed E-state index contributed by atoms with van der Waals surface area (Å²) in [5.41, 5.74) is 4.67. The molecule has 0 saturated heterocycles. The molecule has 2 heteroatoms. The van der Waals surface area contributed by atoms with Gasteiger partial charge in [-0.1, -0.05) is 70.4 Å². The molecule has 0 aliphatic heterocycles. The molecule has 0 unspecified atom stereocenters. The molecule has 0 aliphatic carbocycles. The standard InChI is InChI=1S/C25H34O2/c1-4-7-13-20-18-23(24(26)19-14-11-10-12-15-19)25(27)22(17-9-6-3)21(20)16-8-5-2/h10-12,14-15,18,27H,4-9,13,16-17H2,1-3H3. The van der Waals surface area contributed by atoms with E-state index >= 15 is 0 Å². The number of ketones is 1. The number of phenols is 1. The number of aromatic hydroxyl groups is 1. The molecule has 0 amide bonds. The van der Waals surface area contributed by atoms with Crippen molar-refractivity contribution in [3.63, 3.8) is 0 Å². The third kappa shape index (κ3) is 5.45. The third-order valence-corrected chi connectivity index (χ3v) is 5.25. The monoisotopic (exact) mass is 366 g/mol. The average Bonchev–Trinajstić information content (AvgIpc) is 2.70. The highest BCUT2D eigenvalue weighted by atomic mass is 16.3. The molecule has 2 aromatic rings. The lowest BCUT2D eigenvalue weighted by molar-refractivity contribution is 0.103. The summed E-state index contributed by atoms with van der Waals surface area (Å²) in [7, 11) is 0. The fourth-order valence-electron chi connectivity index (χ4n) is 3.63. The molecule has 0 heterocycles. The summed E-state index contributed by atoms with van der Waals surface area (Å²) in [6.07, 6.45) is 9.39. The second kappa shape index (κ2) is 10.9. The number of phenolic OH excluding ortho intramolecular Hbond substituents is 1. The van der Waals surface area contributed by atoms with Crippen LogP contribution in [-0.2, 0) is 19.3 Å². The normalized spacial score (nSPS) is 10.9. The van der Waals surface area contributed by atoms with Gasteiger partial charge in [-0.15, -0.1) is 0 Å². The largest absolute Gasteiger partial charge is 0.507 e. The molecule has 0 aromatic heterocycles. The Morgan fingerprint density at radius 2 is 1.37 bits per heavy atom. The van der Waals surface area contributed by atoms with E-state index in [2.05, 4.69) is 20.8 Å². The van der Waals surface area contributed by atoms with Gasteiger partial charge in [0.05, 0.1) is 5.56 Å². The molecule has 0 atom stereocenters. The lowest BCUT2D eigenvalue weighted by Crippen LogP contribution is -2.09. The zero-order chi connectivity index (χ0) is 19.6. The Bertz CT molecular complexity index is 732. The molecule has 1 N–H and O–H groups in total. The first-order valence-electron chi connectivity index (χ1n) is 10.6. The van der Waals surface area contributed by atoms with Gasteiger partial charge in [0.15, 0.2) is 5.78 Å². The molecular weight excluding hydrogens is 332 g/mol. The first-order chi connectivity index (χ1) is 13.1. The zero-order valence-corrected chi connectivity index (χ0v) is 17.2. The van der Waals surface area contributed by atoms with Crippen LogP contribution in [0.4, 0.5) is 0 Å². The van der Waals surface area contributed by atoms with Crippen LogP contribution in [0, 0.1) is 0 Å². The highest BCUT2D eigenvalue weighted by Crippen LogP contribution is 2.34. The minimum atomic E-state index is -0.0781. The summed E-state index contributed by atoms with van der Waals surface area (Å²) in [6, 6.07) is 11.3. The van der Waals surface area contributed by atoms with Gasteiger partial charge in [-0.3, -0.25) is 4.79 Å². The molecule has 0 aliphatic rings. The Kier molecular flexibility index (Phi) is 8.57. The van der Waals surface area contributed by atoms with Gasteiger partial charge in [-0.25, -0.2) is 0 Å². The van der Waals surface area contributed by atoms with Gasteiger partial charge in [0.25, 0.3) is 0 Å². The van der Waals surface area contributed by atoms with Crippen molar-refractivity contribution in [2.45, 2.75) is 78.6 Å². The smallest absolute Gasteiger partial charge is 0.196 e. The Hall–Kier alpha value is -2.09. The number of hydrogen-bond acceptors (Lipinski definition) is 2. The predicted molar refractivity (Wildman–Crippen MR) is 114 cm³/mol. The van der Waals surface area contributed by atoms with Gasteiger partial charge in [0, 0.05) is 5.56 Å². The van der Waals surface area contributed by atoms with E-state index in [1.54, 1.807) is 0 Å². The second-order valence-electron chi connectivity index (χ2n) is 7.39. The van der Waals surface area contributed by atoms with E-state index in [1.165, 1.54) is 11.1 Å². The molecule has 27 heavy (non-hydrogen) atoms. The minimum Gasteiger partial charge on any atom is -0.507 e. The molecule has 0 fully saturated rings. The maximum absolute atomic E-state index is 13.1. The van der Waals surface area contributed by atoms with Crippen LogP contribution >= 0.6 is 0 Å². The topological polar surface area (TPSA) is 37.3 Å². The number of hydrogen-bond donors (Lipinski definition) is 1. The lowest BCUT2D eigenvalue weighted by atomic mass is 9.86. The summed E-state index contributed by atoms with van der Waals surface area (Å²) >= 11 is 0. The number of unbranched alkanes of at least 4 members (excludes halogenated alkanes) is 3. The van der Waals surface area contributed by atoms with Crippen molar-refractivity contribution in [2.75, 3.05) is 0 Å². The maximum Gasteiger partial charge on any atom is 0.196 e. The van der Waals surface area contributed by atoms with Crippen LogP contribution in [0.15, 0.2) is 36.4 Å². The fourth-order valence-corrected chi connectivity index (χ4v) is 3.63. The van der Waals surface area contributed by atoms with Gasteiger partial charge in [0.1, 0.15) is 5.75 Å². The van der Waals surface area contributed by atoms with Crippen molar-refractivity contribution in [1.82, 2.24) is 0 Å². The van der Waals surface area contributed by atoms with Crippen molar-refractivity contribution in [1.29, 1.82) is 0 Å². The van der Waals surface area contributed by atoms with Crippen LogP contribution in [-0.4, -0.2) is 10.9 Å². The van der Waals surface area contributed by atoms with Crippen molar-refractivity contribution in [3.05, 3.63) is 64.2 Å². The Balaban J connectivity index is 2.57. The third-order valence-electron chi connectivity index (χ3n) is 5.25. The number of benzene rings is 2. The SMILES string of the molecule is CCCCc1cc(C(=O)c2ccccc2)c(O)c(CCCC)c1CCCC. The van der Waals surface area contributed by atoms with Crippen molar-refractivity contribution >= 4 is 5.78 Å². The van der Waals surface area contributed by atoms with Gasteiger partial charge in [-0.05, 0) is 61.3 Å². The first-order valence-corrected chi connectivity index (χ1v) is 10.6. The van der Waals surface area contributed by atoms with Crippen molar-refractivity contribution in [2.24, 2.45) is 0 Å². The summed E-state index contributed by atoms with van der Waals surface area (Å²) < 4.78 is 0. The maximum atomic E-state index is 13.1. The molecule has 0 radical (unpaired) electrons. The Morgan fingerprint density at radius 3 is 1.96 bits per heavy atom. The van der Waals surface area contributed by atoms with E-state index < -0.39 is 0 Å². The van der Waals surface area contributed by atoms with E-state index in [-0.39, 0.29) is 11.5 Å².